The van der Waals surface area contributed by atoms with Gasteiger partial charge in [0.15, 0.2) is 5.13 Å². The largest absolute Gasteiger partial charge is 0.495 e. The molecule has 1 N–H and O–H groups in total. The van der Waals surface area contributed by atoms with Crippen molar-refractivity contribution < 1.29 is 31.1 Å². The van der Waals surface area contributed by atoms with Crippen LogP contribution in [0.15, 0.2) is 53.6 Å². The number of sulfonamides is 1. The molecule has 0 saturated carbocycles. The summed E-state index contributed by atoms with van der Waals surface area (Å²) in [6, 6.07) is 9.54. The molecule has 0 radical (unpaired) electrons. The topological polar surface area (TPSA) is 88.6 Å². The van der Waals surface area contributed by atoms with Gasteiger partial charge in [0.05, 0.1) is 23.7 Å². The molecule has 1 aliphatic heterocycles. The monoisotopic (exact) mass is 539 g/mol. The fraction of sp³-hybridized carbons (Fsp3) is 0.333. The predicted octanol–water partition coefficient (Wildman–Crippen LogP) is 4.98. The molecule has 0 aliphatic carbocycles. The molecule has 7 nitrogen and oxygen atoms in total. The number of carbonyl (C=O) groups excluding carboxylic acids is 1. The van der Waals surface area contributed by atoms with E-state index < -0.39 is 33.1 Å². The molecule has 0 amide bonds. The summed E-state index contributed by atoms with van der Waals surface area (Å²) in [5.41, 5.74) is -0.611. The SMILES string of the molecule is COc1ccc(C)cc1S(=O)(=O)N1CCC(Nc2ncc(C(=O)c3ccccc3C(F)(F)F)s2)CC1. The van der Waals surface area contributed by atoms with Crippen LogP contribution in [-0.2, 0) is 16.2 Å². The number of aromatic nitrogens is 1. The van der Waals surface area contributed by atoms with Crippen LogP contribution < -0.4 is 10.1 Å². The first-order valence-corrected chi connectivity index (χ1v) is 13.3. The lowest BCUT2D eigenvalue weighted by atomic mass is 10.0. The van der Waals surface area contributed by atoms with Crippen LogP contribution in [0.1, 0.15) is 39.2 Å². The van der Waals surface area contributed by atoms with E-state index in [1.165, 1.54) is 29.7 Å². The van der Waals surface area contributed by atoms with Crippen molar-refractivity contribution in [1.82, 2.24) is 9.29 Å². The molecule has 2 aromatic carbocycles. The van der Waals surface area contributed by atoms with Crippen molar-refractivity contribution >= 4 is 32.3 Å². The number of hydrogen-bond donors (Lipinski definition) is 1. The van der Waals surface area contributed by atoms with Crippen LogP contribution in [0.2, 0.25) is 0 Å². The van der Waals surface area contributed by atoms with E-state index >= 15 is 0 Å². The Bertz CT molecular complexity index is 1360. The third kappa shape index (κ3) is 5.40. The minimum atomic E-state index is -4.64. The molecule has 1 aromatic heterocycles. The molecule has 36 heavy (non-hydrogen) atoms. The normalized spacial score (nSPS) is 15.6. The number of aryl methyl sites for hydroxylation is 1. The molecule has 0 spiro atoms. The highest BCUT2D eigenvalue weighted by Crippen LogP contribution is 2.34. The lowest BCUT2D eigenvalue weighted by Crippen LogP contribution is -2.42. The minimum Gasteiger partial charge on any atom is -0.495 e. The number of alkyl halides is 3. The molecule has 0 atom stereocenters. The van der Waals surface area contributed by atoms with Crippen molar-refractivity contribution in [2.75, 3.05) is 25.5 Å². The van der Waals surface area contributed by atoms with Crippen molar-refractivity contribution in [1.29, 1.82) is 0 Å². The van der Waals surface area contributed by atoms with Gasteiger partial charge in [0, 0.05) is 24.7 Å². The number of carbonyl (C=O) groups is 1. The summed E-state index contributed by atoms with van der Waals surface area (Å²) in [5, 5.41) is 3.58. The van der Waals surface area contributed by atoms with Crippen LogP contribution in [0.4, 0.5) is 18.3 Å². The van der Waals surface area contributed by atoms with Gasteiger partial charge in [-0.2, -0.15) is 17.5 Å². The highest BCUT2D eigenvalue weighted by molar-refractivity contribution is 7.89. The lowest BCUT2D eigenvalue weighted by Gasteiger charge is -2.31. The zero-order chi connectivity index (χ0) is 26.1. The van der Waals surface area contributed by atoms with Gasteiger partial charge in [0.1, 0.15) is 10.6 Å². The van der Waals surface area contributed by atoms with Gasteiger partial charge in [-0.05, 0) is 43.5 Å². The van der Waals surface area contributed by atoms with Crippen LogP contribution in [0.5, 0.6) is 5.75 Å². The van der Waals surface area contributed by atoms with E-state index in [2.05, 4.69) is 10.3 Å². The van der Waals surface area contributed by atoms with Gasteiger partial charge in [-0.1, -0.05) is 35.6 Å². The Labute approximate surface area is 211 Å². The number of nitrogens with zero attached hydrogens (tertiary/aromatic N) is 2. The molecule has 2 heterocycles. The summed E-state index contributed by atoms with van der Waals surface area (Å²) in [6.07, 6.45) is -2.40. The minimum absolute atomic E-state index is 0.0840. The van der Waals surface area contributed by atoms with Gasteiger partial charge in [0.25, 0.3) is 0 Å². The molecule has 3 aromatic rings. The highest BCUT2D eigenvalue weighted by Gasteiger charge is 2.36. The zero-order valence-corrected chi connectivity index (χ0v) is 21.1. The van der Waals surface area contributed by atoms with Gasteiger partial charge in [-0.3, -0.25) is 4.79 Å². The predicted molar refractivity (Wildman–Crippen MR) is 130 cm³/mol. The van der Waals surface area contributed by atoms with Gasteiger partial charge in [0.2, 0.25) is 15.8 Å². The van der Waals surface area contributed by atoms with Crippen LogP contribution in [0, 0.1) is 6.92 Å². The zero-order valence-electron chi connectivity index (χ0n) is 19.5. The van der Waals surface area contributed by atoms with Gasteiger partial charge in [-0.15, -0.1) is 0 Å². The summed E-state index contributed by atoms with van der Waals surface area (Å²) in [6.45, 7) is 2.35. The van der Waals surface area contributed by atoms with E-state index in [-0.39, 0.29) is 34.7 Å². The molecule has 1 saturated heterocycles. The number of methoxy groups -OCH3 is 1. The van der Waals surface area contributed by atoms with Crippen LogP contribution in [-0.4, -0.2) is 49.7 Å². The van der Waals surface area contributed by atoms with Crippen molar-refractivity contribution in [3.63, 3.8) is 0 Å². The third-order valence-electron chi connectivity index (χ3n) is 5.93. The number of anilines is 1. The lowest BCUT2D eigenvalue weighted by molar-refractivity contribution is -0.137. The van der Waals surface area contributed by atoms with Crippen LogP contribution in [0.3, 0.4) is 0 Å². The number of rotatable bonds is 7. The molecule has 0 unspecified atom stereocenters. The number of benzene rings is 2. The molecule has 192 valence electrons. The van der Waals surface area contributed by atoms with Gasteiger partial charge in [-0.25, -0.2) is 13.4 Å². The van der Waals surface area contributed by atoms with Crippen molar-refractivity contribution in [2.45, 2.75) is 36.9 Å². The Balaban J connectivity index is 1.42. The Hall–Kier alpha value is -2.96. The van der Waals surface area contributed by atoms with E-state index in [4.69, 9.17) is 4.74 Å². The van der Waals surface area contributed by atoms with Gasteiger partial charge >= 0.3 is 6.18 Å². The second-order valence-corrected chi connectivity index (χ2v) is 11.3. The second-order valence-electron chi connectivity index (χ2n) is 8.38. The summed E-state index contributed by atoms with van der Waals surface area (Å²) >= 11 is 0.971. The van der Waals surface area contributed by atoms with Crippen molar-refractivity contribution in [2.24, 2.45) is 0 Å². The maximum Gasteiger partial charge on any atom is 0.417 e. The quantitative estimate of drug-likeness (QED) is 0.427. The molecular formula is C24H24F3N3O4S2. The first kappa shape index (κ1) is 26.1. The molecule has 12 heteroatoms. The Kier molecular flexibility index (Phi) is 7.39. The number of thiazole rings is 1. The van der Waals surface area contributed by atoms with Crippen LogP contribution >= 0.6 is 11.3 Å². The average molecular weight is 540 g/mol. The summed E-state index contributed by atoms with van der Waals surface area (Å²) < 4.78 is 72.9. The van der Waals surface area contributed by atoms with E-state index in [1.54, 1.807) is 18.2 Å². The van der Waals surface area contributed by atoms with Crippen molar-refractivity contribution in [3.8, 4) is 5.75 Å². The second kappa shape index (κ2) is 10.2. The number of ketones is 1. The first-order chi connectivity index (χ1) is 17.0. The van der Waals surface area contributed by atoms with E-state index in [0.717, 1.165) is 29.0 Å². The number of halogens is 3. The summed E-state index contributed by atoms with van der Waals surface area (Å²) in [7, 11) is -2.32. The number of hydrogen-bond acceptors (Lipinski definition) is 7. The highest BCUT2D eigenvalue weighted by atomic mass is 32.2. The van der Waals surface area contributed by atoms with Crippen molar-refractivity contribution in [3.05, 3.63) is 70.2 Å². The average Bonchev–Trinajstić information content (AvgIpc) is 3.32. The fourth-order valence-corrected chi connectivity index (χ4v) is 6.60. The summed E-state index contributed by atoms with van der Waals surface area (Å²) in [5.74, 6) is -0.464. The third-order valence-corrected chi connectivity index (χ3v) is 8.77. The number of piperidine rings is 1. The Morgan fingerprint density at radius 3 is 2.53 bits per heavy atom. The molecule has 0 bridgehead atoms. The molecule has 1 aliphatic rings. The van der Waals surface area contributed by atoms with Crippen LogP contribution in [0.25, 0.3) is 0 Å². The first-order valence-electron chi connectivity index (χ1n) is 11.1. The summed E-state index contributed by atoms with van der Waals surface area (Å²) in [4.78, 5) is 17.1. The van der Waals surface area contributed by atoms with E-state index in [1.807, 2.05) is 6.92 Å². The molecular weight excluding hydrogens is 515 g/mol. The smallest absolute Gasteiger partial charge is 0.417 e. The maximum atomic E-state index is 13.3. The van der Waals surface area contributed by atoms with E-state index in [0.29, 0.717) is 18.0 Å². The number of ether oxygens (including phenoxy) is 1. The fourth-order valence-electron chi connectivity index (χ4n) is 4.05. The maximum absolute atomic E-state index is 13.3. The standard InChI is InChI=1S/C24H24F3N3O4S2/c1-15-7-8-19(34-2)21(13-15)36(32,33)30-11-9-16(10-12-30)29-23-28-14-20(35-23)22(31)17-5-3-4-6-18(17)24(25,26)27/h3-8,13-14,16H,9-12H2,1-2H3,(H,28,29). The Morgan fingerprint density at radius 2 is 1.86 bits per heavy atom. The molecule has 1 fully saturated rings. The molecule has 4 rings (SSSR count). The van der Waals surface area contributed by atoms with Gasteiger partial charge < -0.3 is 10.1 Å². The Morgan fingerprint density at radius 1 is 1.17 bits per heavy atom. The van der Waals surface area contributed by atoms with E-state index in [9.17, 15) is 26.4 Å². The number of nitrogens with one attached hydrogen (secondary N) is 1.